The van der Waals surface area contributed by atoms with Gasteiger partial charge >= 0.3 is 0 Å². The van der Waals surface area contributed by atoms with E-state index in [0.717, 1.165) is 12.8 Å². The number of anilines is 2. The van der Waals surface area contributed by atoms with Crippen molar-refractivity contribution in [1.29, 1.82) is 0 Å². The summed E-state index contributed by atoms with van der Waals surface area (Å²) in [5.74, 6) is -0.159. The van der Waals surface area contributed by atoms with Crippen LogP contribution >= 0.6 is 0 Å². The number of carbonyl (C=O) groups is 1. The minimum absolute atomic E-state index is 0.245. The Morgan fingerprint density at radius 2 is 1.85 bits per heavy atom. The zero-order valence-corrected chi connectivity index (χ0v) is 14.2. The van der Waals surface area contributed by atoms with Crippen molar-refractivity contribution in [2.45, 2.75) is 12.8 Å². The summed E-state index contributed by atoms with van der Waals surface area (Å²) in [6, 6.07) is 16.2. The van der Waals surface area contributed by atoms with E-state index >= 15 is 0 Å². The molecule has 0 aliphatic carbocycles. The van der Waals surface area contributed by atoms with E-state index in [4.69, 9.17) is 0 Å². The predicted molar refractivity (Wildman–Crippen MR) is 98.8 cm³/mol. The topological polar surface area (TPSA) is 66.9 Å². The van der Waals surface area contributed by atoms with Crippen molar-refractivity contribution in [2.75, 3.05) is 11.9 Å². The van der Waals surface area contributed by atoms with Gasteiger partial charge in [0.25, 0.3) is 5.91 Å². The van der Waals surface area contributed by atoms with Crippen LogP contribution in [0.2, 0.25) is 0 Å². The van der Waals surface area contributed by atoms with Crippen molar-refractivity contribution in [3.05, 3.63) is 84.1 Å². The summed E-state index contributed by atoms with van der Waals surface area (Å²) in [5, 5.41) is 5.77. The Morgan fingerprint density at radius 3 is 2.58 bits per heavy atom. The number of carbonyl (C=O) groups excluding carboxylic acids is 1. The van der Waals surface area contributed by atoms with Crippen LogP contribution in [0.15, 0.2) is 67.0 Å². The van der Waals surface area contributed by atoms with Gasteiger partial charge < -0.3 is 10.6 Å². The lowest BCUT2D eigenvalue weighted by atomic mass is 10.1. The third-order valence-corrected chi connectivity index (χ3v) is 3.75. The fraction of sp³-hybridized carbons (Fsp3) is 0.150. The maximum Gasteiger partial charge on any atom is 0.271 e. The lowest BCUT2D eigenvalue weighted by Gasteiger charge is -2.07. The van der Waals surface area contributed by atoms with E-state index in [2.05, 4.69) is 32.7 Å². The van der Waals surface area contributed by atoms with E-state index in [1.807, 2.05) is 18.2 Å². The van der Waals surface area contributed by atoms with Gasteiger partial charge in [0.05, 0.1) is 12.4 Å². The summed E-state index contributed by atoms with van der Waals surface area (Å²) in [5.41, 5.74) is 2.06. The molecule has 0 aliphatic rings. The minimum Gasteiger partial charge on any atom is -0.351 e. The zero-order valence-electron chi connectivity index (χ0n) is 14.2. The molecule has 0 unspecified atom stereocenters. The number of halogens is 1. The van der Waals surface area contributed by atoms with Crippen molar-refractivity contribution in [2.24, 2.45) is 0 Å². The molecule has 132 valence electrons. The standard InChI is InChI=1S/C20H19FN4O/c21-16-9-4-10-17(12-16)25-19-14-23-18(13-24-19)20(26)22-11-5-8-15-6-2-1-3-7-15/h1-4,6-7,9-10,12-14H,5,8,11H2,(H,22,26)(H,24,25). The van der Waals surface area contributed by atoms with Crippen LogP contribution in [0, 0.1) is 5.82 Å². The Morgan fingerprint density at radius 1 is 1.00 bits per heavy atom. The fourth-order valence-electron chi connectivity index (χ4n) is 2.45. The van der Waals surface area contributed by atoms with Gasteiger partial charge in [0.15, 0.2) is 0 Å². The third-order valence-electron chi connectivity index (χ3n) is 3.75. The first kappa shape index (κ1) is 17.5. The highest BCUT2D eigenvalue weighted by Gasteiger charge is 2.07. The predicted octanol–water partition coefficient (Wildman–Crippen LogP) is 3.72. The van der Waals surface area contributed by atoms with Crippen LogP contribution in [0.25, 0.3) is 0 Å². The lowest BCUT2D eigenvalue weighted by molar-refractivity contribution is 0.0948. The molecule has 1 heterocycles. The zero-order chi connectivity index (χ0) is 18.2. The average Bonchev–Trinajstić information content (AvgIpc) is 2.66. The molecule has 3 rings (SSSR count). The molecule has 6 heteroatoms. The van der Waals surface area contributed by atoms with E-state index in [-0.39, 0.29) is 17.4 Å². The van der Waals surface area contributed by atoms with Gasteiger partial charge in [-0.1, -0.05) is 36.4 Å². The fourth-order valence-corrected chi connectivity index (χ4v) is 2.45. The van der Waals surface area contributed by atoms with Gasteiger partial charge in [0, 0.05) is 12.2 Å². The molecule has 2 N–H and O–H groups in total. The maximum atomic E-state index is 13.2. The first-order valence-corrected chi connectivity index (χ1v) is 8.37. The van der Waals surface area contributed by atoms with Crippen molar-refractivity contribution in [1.82, 2.24) is 15.3 Å². The summed E-state index contributed by atoms with van der Waals surface area (Å²) in [6.07, 6.45) is 4.60. The third kappa shape index (κ3) is 5.11. The van der Waals surface area contributed by atoms with Crippen molar-refractivity contribution in [3.8, 4) is 0 Å². The molecule has 1 amide bonds. The first-order chi connectivity index (χ1) is 12.7. The van der Waals surface area contributed by atoms with Crippen LogP contribution in [0.5, 0.6) is 0 Å². The maximum absolute atomic E-state index is 13.2. The number of amides is 1. The van der Waals surface area contributed by atoms with Gasteiger partial charge in [-0.25, -0.2) is 14.4 Å². The van der Waals surface area contributed by atoms with Crippen LogP contribution < -0.4 is 10.6 Å². The highest BCUT2D eigenvalue weighted by Crippen LogP contribution is 2.14. The number of nitrogens with zero attached hydrogens (tertiary/aromatic N) is 2. The number of aromatic nitrogens is 2. The number of hydrogen-bond acceptors (Lipinski definition) is 4. The molecule has 26 heavy (non-hydrogen) atoms. The molecule has 1 aromatic heterocycles. The smallest absolute Gasteiger partial charge is 0.271 e. The highest BCUT2D eigenvalue weighted by molar-refractivity contribution is 5.92. The van der Waals surface area contributed by atoms with Crippen LogP contribution in [-0.2, 0) is 6.42 Å². The second kappa shape index (κ2) is 8.71. The van der Waals surface area contributed by atoms with Gasteiger partial charge in [-0.3, -0.25) is 4.79 Å². The van der Waals surface area contributed by atoms with Crippen molar-refractivity contribution in [3.63, 3.8) is 0 Å². The number of benzene rings is 2. The van der Waals surface area contributed by atoms with Gasteiger partial charge in [0.1, 0.15) is 17.3 Å². The molecule has 0 atom stereocenters. The van der Waals surface area contributed by atoms with Crippen LogP contribution in [0.4, 0.5) is 15.9 Å². The minimum atomic E-state index is -0.338. The molecule has 0 radical (unpaired) electrons. The monoisotopic (exact) mass is 350 g/mol. The second-order valence-electron chi connectivity index (χ2n) is 5.77. The molecule has 0 spiro atoms. The Bertz CT molecular complexity index is 853. The molecule has 5 nitrogen and oxygen atoms in total. The first-order valence-electron chi connectivity index (χ1n) is 8.37. The normalized spacial score (nSPS) is 10.3. The molecule has 3 aromatic rings. The van der Waals surface area contributed by atoms with Gasteiger partial charge in [0.2, 0.25) is 0 Å². The molecule has 0 saturated carbocycles. The van der Waals surface area contributed by atoms with Crippen LogP contribution in [-0.4, -0.2) is 22.4 Å². The van der Waals surface area contributed by atoms with E-state index in [9.17, 15) is 9.18 Å². The van der Waals surface area contributed by atoms with Crippen LogP contribution in [0.1, 0.15) is 22.5 Å². The number of rotatable bonds is 7. The van der Waals surface area contributed by atoms with Gasteiger partial charge in [-0.05, 0) is 36.6 Å². The van der Waals surface area contributed by atoms with Gasteiger partial charge in [-0.15, -0.1) is 0 Å². The van der Waals surface area contributed by atoms with E-state index < -0.39 is 0 Å². The number of hydrogen-bond donors (Lipinski definition) is 2. The molecule has 0 saturated heterocycles. The number of aryl methyl sites for hydroxylation is 1. The summed E-state index contributed by atoms with van der Waals surface area (Å²) < 4.78 is 13.2. The summed E-state index contributed by atoms with van der Waals surface area (Å²) >= 11 is 0. The highest BCUT2D eigenvalue weighted by atomic mass is 19.1. The quantitative estimate of drug-likeness (QED) is 0.637. The van der Waals surface area contributed by atoms with Crippen molar-refractivity contribution >= 4 is 17.4 Å². The molecule has 0 bridgehead atoms. The van der Waals surface area contributed by atoms with Crippen molar-refractivity contribution < 1.29 is 9.18 Å². The largest absolute Gasteiger partial charge is 0.351 e. The lowest BCUT2D eigenvalue weighted by Crippen LogP contribution is -2.25. The average molecular weight is 350 g/mol. The molecule has 2 aromatic carbocycles. The van der Waals surface area contributed by atoms with Crippen LogP contribution in [0.3, 0.4) is 0 Å². The Hall–Kier alpha value is -3.28. The Kier molecular flexibility index (Phi) is 5.88. The summed E-state index contributed by atoms with van der Waals surface area (Å²) in [6.45, 7) is 0.568. The Balaban J connectivity index is 1.47. The Labute approximate surface area is 151 Å². The van der Waals surface area contributed by atoms with Gasteiger partial charge in [-0.2, -0.15) is 0 Å². The van der Waals surface area contributed by atoms with E-state index in [0.29, 0.717) is 18.1 Å². The summed E-state index contributed by atoms with van der Waals surface area (Å²) in [7, 11) is 0. The number of nitrogens with one attached hydrogen (secondary N) is 2. The SMILES string of the molecule is O=C(NCCCc1ccccc1)c1cnc(Nc2cccc(F)c2)cn1. The van der Waals surface area contributed by atoms with E-state index in [1.165, 1.54) is 30.1 Å². The second-order valence-corrected chi connectivity index (χ2v) is 5.77. The van der Waals surface area contributed by atoms with E-state index in [1.54, 1.807) is 12.1 Å². The molecular formula is C20H19FN4O. The molecule has 0 aliphatic heterocycles. The molecule has 0 fully saturated rings. The summed E-state index contributed by atoms with van der Waals surface area (Å²) in [4.78, 5) is 20.3. The molecular weight excluding hydrogens is 331 g/mol.